The van der Waals surface area contributed by atoms with E-state index < -0.39 is 0 Å². The van der Waals surface area contributed by atoms with E-state index in [0.29, 0.717) is 17.3 Å². The van der Waals surface area contributed by atoms with Crippen molar-refractivity contribution in [2.75, 3.05) is 0 Å². The minimum atomic E-state index is 0.132. The molecule has 21 heavy (non-hydrogen) atoms. The molecule has 3 aliphatic carbocycles. The highest BCUT2D eigenvalue weighted by atomic mass is 16.3. The lowest BCUT2D eigenvalue weighted by atomic mass is 9.69. The summed E-state index contributed by atoms with van der Waals surface area (Å²) >= 11 is 0. The van der Waals surface area contributed by atoms with Crippen molar-refractivity contribution in [3.8, 4) is 11.5 Å². The summed E-state index contributed by atoms with van der Waals surface area (Å²) in [6.07, 6.45) is 4.82. The second kappa shape index (κ2) is 3.77. The summed E-state index contributed by atoms with van der Waals surface area (Å²) in [7, 11) is 0. The van der Waals surface area contributed by atoms with E-state index in [0.717, 1.165) is 17.5 Å². The molecule has 2 heteroatoms. The number of rotatable bonds is 1. The van der Waals surface area contributed by atoms with Crippen LogP contribution >= 0.6 is 0 Å². The molecule has 2 nitrogen and oxygen atoms in total. The second-order valence-electron chi connectivity index (χ2n) is 8.52. The van der Waals surface area contributed by atoms with Gasteiger partial charge in [0.2, 0.25) is 0 Å². The Bertz CT molecular complexity index is 629. The van der Waals surface area contributed by atoms with Crippen LogP contribution in [0.3, 0.4) is 0 Å². The van der Waals surface area contributed by atoms with Gasteiger partial charge in [0.15, 0.2) is 11.5 Å². The lowest BCUT2D eigenvalue weighted by Gasteiger charge is -2.36. The highest BCUT2D eigenvalue weighted by Crippen LogP contribution is 2.78. The van der Waals surface area contributed by atoms with Gasteiger partial charge in [-0.1, -0.05) is 40.2 Å². The molecule has 2 saturated carbocycles. The monoisotopic (exact) mass is 286 g/mol. The maximum atomic E-state index is 10.7. The molecule has 2 fully saturated rings. The first-order valence-electron chi connectivity index (χ1n) is 8.39. The molecule has 0 saturated heterocycles. The van der Waals surface area contributed by atoms with Gasteiger partial charge in [-0.2, -0.15) is 0 Å². The van der Waals surface area contributed by atoms with Crippen molar-refractivity contribution in [3.63, 3.8) is 0 Å². The number of hydrogen-bond acceptors (Lipinski definition) is 2. The van der Waals surface area contributed by atoms with Crippen LogP contribution in [0.5, 0.6) is 11.5 Å². The molecule has 0 heterocycles. The van der Waals surface area contributed by atoms with Crippen molar-refractivity contribution in [2.45, 2.75) is 64.7 Å². The number of benzene rings is 1. The molecule has 0 amide bonds. The average molecular weight is 286 g/mol. The smallest absolute Gasteiger partial charge is 0.161 e. The van der Waals surface area contributed by atoms with Crippen molar-refractivity contribution in [3.05, 3.63) is 22.8 Å². The fourth-order valence-corrected chi connectivity index (χ4v) is 5.95. The van der Waals surface area contributed by atoms with E-state index in [1.54, 1.807) is 0 Å². The quantitative estimate of drug-likeness (QED) is 0.748. The highest BCUT2D eigenvalue weighted by molar-refractivity contribution is 5.64. The van der Waals surface area contributed by atoms with Crippen LogP contribution in [-0.2, 0) is 11.8 Å². The van der Waals surface area contributed by atoms with Gasteiger partial charge in [0.05, 0.1) is 0 Å². The Balaban J connectivity index is 1.88. The van der Waals surface area contributed by atoms with Gasteiger partial charge in [-0.25, -0.2) is 0 Å². The summed E-state index contributed by atoms with van der Waals surface area (Å²) in [5.41, 5.74) is 3.85. The van der Waals surface area contributed by atoms with Gasteiger partial charge < -0.3 is 10.2 Å². The van der Waals surface area contributed by atoms with E-state index in [9.17, 15) is 10.2 Å². The summed E-state index contributed by atoms with van der Waals surface area (Å²) in [4.78, 5) is 0. The number of phenols is 2. The van der Waals surface area contributed by atoms with Gasteiger partial charge in [0.25, 0.3) is 0 Å². The first-order chi connectivity index (χ1) is 9.80. The molecule has 1 aromatic rings. The molecule has 0 bridgehead atoms. The maximum Gasteiger partial charge on any atom is 0.161 e. The third-order valence-electron chi connectivity index (χ3n) is 6.68. The van der Waals surface area contributed by atoms with Crippen molar-refractivity contribution in [2.24, 2.45) is 17.3 Å². The van der Waals surface area contributed by atoms with Crippen molar-refractivity contribution in [1.29, 1.82) is 0 Å². The Hall–Kier alpha value is -1.18. The van der Waals surface area contributed by atoms with Crippen LogP contribution in [0.1, 0.15) is 69.6 Å². The predicted molar refractivity (Wildman–Crippen MR) is 83.9 cm³/mol. The van der Waals surface area contributed by atoms with E-state index in [4.69, 9.17) is 0 Å². The SMILES string of the molecule is CC(C)c1cc2c(c(O)c1O)[C@@]13CCCC(C)(C)[C@@H]1C3C2. The fraction of sp³-hybridized carbons (Fsp3) is 0.684. The molecule has 1 aromatic carbocycles. The molecule has 1 unspecified atom stereocenters. The zero-order valence-electron chi connectivity index (χ0n) is 13.5. The van der Waals surface area contributed by atoms with Gasteiger partial charge in [-0.15, -0.1) is 0 Å². The van der Waals surface area contributed by atoms with Crippen LogP contribution in [0.2, 0.25) is 0 Å². The Morgan fingerprint density at radius 1 is 1.14 bits per heavy atom. The summed E-state index contributed by atoms with van der Waals surface area (Å²) < 4.78 is 0. The summed E-state index contributed by atoms with van der Waals surface area (Å²) in [5, 5.41) is 21.1. The standard InChI is InChI=1S/C19H26O2/c1-10(2)12-8-11-9-13-17-18(3,4)6-5-7-19(13,17)14(11)16(21)15(12)20/h8,10,13,17,20-21H,5-7,9H2,1-4H3/t13?,17-,19-/m0/s1. The van der Waals surface area contributed by atoms with Crippen LogP contribution in [0.15, 0.2) is 6.07 Å². The molecule has 0 radical (unpaired) electrons. The lowest BCUT2D eigenvalue weighted by molar-refractivity contribution is 0.197. The number of hydrogen-bond donors (Lipinski definition) is 2. The molecule has 4 rings (SSSR count). The molecule has 3 atom stereocenters. The third kappa shape index (κ3) is 1.44. The van der Waals surface area contributed by atoms with Crippen LogP contribution in [0.4, 0.5) is 0 Å². The van der Waals surface area contributed by atoms with Crippen LogP contribution < -0.4 is 0 Å². The van der Waals surface area contributed by atoms with E-state index in [-0.39, 0.29) is 22.8 Å². The lowest BCUT2D eigenvalue weighted by Crippen LogP contribution is -2.28. The maximum absolute atomic E-state index is 10.7. The van der Waals surface area contributed by atoms with Crippen LogP contribution in [-0.4, -0.2) is 10.2 Å². The highest BCUT2D eigenvalue weighted by Gasteiger charge is 2.74. The van der Waals surface area contributed by atoms with Crippen LogP contribution in [0, 0.1) is 17.3 Å². The minimum absolute atomic E-state index is 0.132. The summed E-state index contributed by atoms with van der Waals surface area (Å²) in [6.45, 7) is 8.91. The number of fused-ring (bicyclic) bond motifs is 2. The van der Waals surface area contributed by atoms with E-state index in [2.05, 4.69) is 33.8 Å². The molecular formula is C19H26O2. The first-order valence-corrected chi connectivity index (χ1v) is 8.39. The topological polar surface area (TPSA) is 40.5 Å². The van der Waals surface area contributed by atoms with Gasteiger partial charge in [-0.05, 0) is 48.0 Å². The van der Waals surface area contributed by atoms with E-state index in [1.807, 2.05) is 0 Å². The van der Waals surface area contributed by atoms with E-state index >= 15 is 0 Å². The van der Waals surface area contributed by atoms with Gasteiger partial charge in [-0.3, -0.25) is 0 Å². The van der Waals surface area contributed by atoms with Crippen molar-refractivity contribution >= 4 is 0 Å². The zero-order chi connectivity index (χ0) is 15.2. The van der Waals surface area contributed by atoms with E-state index in [1.165, 1.54) is 24.8 Å². The van der Waals surface area contributed by atoms with Crippen molar-refractivity contribution in [1.82, 2.24) is 0 Å². The largest absolute Gasteiger partial charge is 0.504 e. The molecule has 0 aromatic heterocycles. The molecule has 114 valence electrons. The summed E-state index contributed by atoms with van der Waals surface area (Å²) in [6, 6.07) is 2.16. The average Bonchev–Trinajstić information content (AvgIpc) is 2.93. The Kier molecular flexibility index (Phi) is 2.42. The molecular weight excluding hydrogens is 260 g/mol. The van der Waals surface area contributed by atoms with Crippen LogP contribution in [0.25, 0.3) is 0 Å². The molecule has 2 N–H and O–H groups in total. The third-order valence-corrected chi connectivity index (χ3v) is 6.68. The number of phenolic OH excluding ortho intramolecular Hbond substituents is 2. The fourth-order valence-electron chi connectivity index (χ4n) is 5.95. The van der Waals surface area contributed by atoms with Gasteiger partial charge in [0, 0.05) is 16.5 Å². The zero-order valence-corrected chi connectivity index (χ0v) is 13.5. The normalized spacial score (nSPS) is 35.3. The Morgan fingerprint density at radius 2 is 1.86 bits per heavy atom. The van der Waals surface area contributed by atoms with Crippen molar-refractivity contribution < 1.29 is 10.2 Å². The van der Waals surface area contributed by atoms with Gasteiger partial charge >= 0.3 is 0 Å². The Morgan fingerprint density at radius 3 is 2.52 bits per heavy atom. The Labute approximate surface area is 127 Å². The molecule has 1 spiro atoms. The first kappa shape index (κ1) is 13.5. The number of aromatic hydroxyl groups is 2. The second-order valence-corrected chi connectivity index (χ2v) is 8.52. The van der Waals surface area contributed by atoms with Gasteiger partial charge in [0.1, 0.15) is 0 Å². The minimum Gasteiger partial charge on any atom is -0.504 e. The molecule has 0 aliphatic heterocycles. The summed E-state index contributed by atoms with van der Waals surface area (Å²) in [5.74, 6) is 1.96. The molecule has 3 aliphatic rings. The predicted octanol–water partition coefficient (Wildman–Crippen LogP) is 4.47.